The van der Waals surface area contributed by atoms with Crippen LogP contribution in [-0.2, 0) is 10.0 Å². The smallest absolute Gasteiger partial charge is 0.211 e. The van der Waals surface area contributed by atoms with Crippen molar-refractivity contribution in [3.8, 4) is 6.07 Å². The maximum atomic E-state index is 11.5. The van der Waals surface area contributed by atoms with Gasteiger partial charge >= 0.3 is 0 Å². The van der Waals surface area contributed by atoms with Crippen LogP contribution in [0.1, 0.15) is 30.9 Å². The van der Waals surface area contributed by atoms with Gasteiger partial charge in [-0.25, -0.2) is 12.7 Å². The minimum atomic E-state index is -3.09. The molecule has 0 saturated carbocycles. The number of nitrogens with zero attached hydrogens (tertiary/aromatic N) is 2. The van der Waals surface area contributed by atoms with E-state index in [4.69, 9.17) is 5.26 Å². The first-order valence-electron chi connectivity index (χ1n) is 7.14. The molecule has 5 nitrogen and oxygen atoms in total. The van der Waals surface area contributed by atoms with Crippen molar-refractivity contribution in [2.24, 2.45) is 0 Å². The van der Waals surface area contributed by atoms with E-state index >= 15 is 0 Å². The summed E-state index contributed by atoms with van der Waals surface area (Å²) in [5, 5.41) is 12.5. The largest absolute Gasteiger partial charge is 0.306 e. The van der Waals surface area contributed by atoms with Crippen LogP contribution in [0.25, 0.3) is 0 Å². The summed E-state index contributed by atoms with van der Waals surface area (Å²) in [6, 6.07) is 12.4. The molecule has 2 rings (SSSR count). The first-order valence-corrected chi connectivity index (χ1v) is 8.98. The summed E-state index contributed by atoms with van der Waals surface area (Å²) in [4.78, 5) is 0. The number of sulfonamides is 1. The highest BCUT2D eigenvalue weighted by Crippen LogP contribution is 2.21. The van der Waals surface area contributed by atoms with E-state index in [1.165, 1.54) is 10.6 Å². The van der Waals surface area contributed by atoms with Crippen LogP contribution in [-0.4, -0.2) is 38.1 Å². The summed E-state index contributed by atoms with van der Waals surface area (Å²) in [5.41, 5.74) is 1.10. The molecule has 1 heterocycles. The van der Waals surface area contributed by atoms with Gasteiger partial charge < -0.3 is 5.32 Å². The lowest BCUT2D eigenvalue weighted by atomic mass is 10.00. The van der Waals surface area contributed by atoms with Crippen molar-refractivity contribution in [2.45, 2.75) is 31.3 Å². The summed E-state index contributed by atoms with van der Waals surface area (Å²) >= 11 is 0. The Kier molecular flexibility index (Phi) is 5.34. The topological polar surface area (TPSA) is 73.2 Å². The Morgan fingerprint density at radius 3 is 2.48 bits per heavy atom. The van der Waals surface area contributed by atoms with Crippen LogP contribution in [0.3, 0.4) is 0 Å². The van der Waals surface area contributed by atoms with E-state index in [0.29, 0.717) is 19.5 Å². The zero-order valence-electron chi connectivity index (χ0n) is 12.2. The van der Waals surface area contributed by atoms with Crippen molar-refractivity contribution >= 4 is 10.0 Å². The Balaban J connectivity index is 1.96. The second kappa shape index (κ2) is 7.03. The molecule has 1 aliphatic rings. The van der Waals surface area contributed by atoms with Crippen molar-refractivity contribution in [1.29, 1.82) is 5.26 Å². The minimum absolute atomic E-state index is 0.00554. The van der Waals surface area contributed by atoms with E-state index in [2.05, 4.69) is 11.4 Å². The second-order valence-corrected chi connectivity index (χ2v) is 7.41. The lowest BCUT2D eigenvalue weighted by molar-refractivity contribution is 0.275. The maximum Gasteiger partial charge on any atom is 0.211 e. The fraction of sp³-hybridized carbons (Fsp3) is 0.533. The van der Waals surface area contributed by atoms with Crippen LogP contribution in [0.4, 0.5) is 0 Å². The second-order valence-electron chi connectivity index (χ2n) is 5.43. The van der Waals surface area contributed by atoms with Crippen LogP contribution in [0.2, 0.25) is 0 Å². The minimum Gasteiger partial charge on any atom is -0.306 e. The van der Waals surface area contributed by atoms with Crippen molar-refractivity contribution in [3.63, 3.8) is 0 Å². The summed E-state index contributed by atoms with van der Waals surface area (Å²) < 4.78 is 24.5. The third kappa shape index (κ3) is 4.53. The lowest BCUT2D eigenvalue weighted by Crippen LogP contribution is -2.45. The van der Waals surface area contributed by atoms with Gasteiger partial charge in [-0.05, 0) is 18.4 Å². The van der Waals surface area contributed by atoms with Crippen LogP contribution < -0.4 is 5.32 Å². The van der Waals surface area contributed by atoms with E-state index in [0.717, 1.165) is 18.4 Å². The molecule has 1 fully saturated rings. The molecule has 1 aromatic carbocycles. The van der Waals surface area contributed by atoms with Crippen LogP contribution >= 0.6 is 0 Å². The summed E-state index contributed by atoms with van der Waals surface area (Å²) in [6.45, 7) is 1.09. The van der Waals surface area contributed by atoms with Gasteiger partial charge in [0.2, 0.25) is 10.0 Å². The Hall–Kier alpha value is -1.42. The molecule has 21 heavy (non-hydrogen) atoms. The van der Waals surface area contributed by atoms with Gasteiger partial charge in [-0.15, -0.1) is 0 Å². The van der Waals surface area contributed by atoms with E-state index in [1.807, 2.05) is 30.3 Å². The number of rotatable bonds is 5. The van der Waals surface area contributed by atoms with E-state index < -0.39 is 10.0 Å². The van der Waals surface area contributed by atoms with Gasteiger partial charge in [0, 0.05) is 25.2 Å². The molecule has 1 saturated heterocycles. The highest BCUT2D eigenvalue weighted by molar-refractivity contribution is 7.88. The molecule has 1 N–H and O–H groups in total. The maximum absolute atomic E-state index is 11.5. The van der Waals surface area contributed by atoms with Gasteiger partial charge in [-0.1, -0.05) is 30.3 Å². The number of nitrogens with one attached hydrogen (secondary N) is 1. The molecular weight excluding hydrogens is 286 g/mol. The van der Waals surface area contributed by atoms with Crippen molar-refractivity contribution < 1.29 is 8.42 Å². The molecule has 1 atom stereocenters. The predicted molar refractivity (Wildman–Crippen MR) is 82.0 cm³/mol. The quantitative estimate of drug-likeness (QED) is 0.898. The lowest BCUT2D eigenvalue weighted by Gasteiger charge is -2.33. The molecule has 0 bridgehead atoms. The van der Waals surface area contributed by atoms with Crippen molar-refractivity contribution in [1.82, 2.24) is 9.62 Å². The van der Waals surface area contributed by atoms with Crippen LogP contribution in [0.15, 0.2) is 30.3 Å². The van der Waals surface area contributed by atoms with Crippen molar-refractivity contribution in [2.75, 3.05) is 19.3 Å². The third-order valence-electron chi connectivity index (χ3n) is 3.86. The normalized spacial score (nSPS) is 19.0. The fourth-order valence-corrected chi connectivity index (χ4v) is 3.56. The highest BCUT2D eigenvalue weighted by atomic mass is 32.2. The molecule has 0 spiro atoms. The molecule has 6 heteroatoms. The molecule has 1 aromatic rings. The Bertz CT molecular complexity index is 587. The van der Waals surface area contributed by atoms with Gasteiger partial charge in [-0.2, -0.15) is 5.26 Å². The first-order chi connectivity index (χ1) is 10.0. The molecule has 0 radical (unpaired) electrons. The van der Waals surface area contributed by atoms with Gasteiger partial charge in [-0.3, -0.25) is 0 Å². The summed E-state index contributed by atoms with van der Waals surface area (Å²) in [7, 11) is -3.09. The number of hydrogen-bond donors (Lipinski definition) is 1. The predicted octanol–water partition coefficient (Wildman–Crippen LogP) is 1.65. The number of nitriles is 1. The molecular formula is C15H21N3O2S. The fourth-order valence-electron chi connectivity index (χ4n) is 2.69. The molecule has 114 valence electrons. The van der Waals surface area contributed by atoms with Crippen LogP contribution in [0, 0.1) is 11.3 Å². The summed E-state index contributed by atoms with van der Waals surface area (Å²) in [6.07, 6.45) is 3.23. The molecule has 0 aliphatic carbocycles. The zero-order chi connectivity index (χ0) is 15.3. The SMILES string of the molecule is CS(=O)(=O)N1CCC(NC(CC#N)c2ccccc2)CC1. The zero-order valence-corrected chi connectivity index (χ0v) is 13.0. The number of hydrogen-bond acceptors (Lipinski definition) is 4. The Morgan fingerprint density at radius 2 is 1.95 bits per heavy atom. The van der Waals surface area contributed by atoms with Crippen molar-refractivity contribution in [3.05, 3.63) is 35.9 Å². The number of piperidine rings is 1. The third-order valence-corrected chi connectivity index (χ3v) is 5.16. The van der Waals surface area contributed by atoms with Gasteiger partial charge in [0.1, 0.15) is 0 Å². The molecule has 0 amide bonds. The standard InChI is InChI=1S/C15H21N3O2S/c1-21(19,20)18-11-8-14(9-12-18)17-15(7-10-16)13-5-3-2-4-6-13/h2-6,14-15,17H,7-9,11-12H2,1H3. The highest BCUT2D eigenvalue weighted by Gasteiger charge is 2.26. The molecule has 1 aliphatic heterocycles. The van der Waals surface area contributed by atoms with Gasteiger partial charge in [0.05, 0.1) is 18.7 Å². The van der Waals surface area contributed by atoms with E-state index in [-0.39, 0.29) is 12.1 Å². The average molecular weight is 307 g/mol. The monoisotopic (exact) mass is 307 g/mol. The number of benzene rings is 1. The molecule has 1 unspecified atom stereocenters. The Morgan fingerprint density at radius 1 is 1.33 bits per heavy atom. The van der Waals surface area contributed by atoms with E-state index in [9.17, 15) is 8.42 Å². The van der Waals surface area contributed by atoms with Gasteiger partial charge in [0.25, 0.3) is 0 Å². The van der Waals surface area contributed by atoms with Crippen LogP contribution in [0.5, 0.6) is 0 Å². The van der Waals surface area contributed by atoms with E-state index in [1.54, 1.807) is 0 Å². The van der Waals surface area contributed by atoms with Gasteiger partial charge in [0.15, 0.2) is 0 Å². The molecule has 0 aromatic heterocycles. The average Bonchev–Trinajstić information content (AvgIpc) is 2.47. The first kappa shape index (κ1) is 16.0. The Labute approximate surface area is 126 Å². The summed E-state index contributed by atoms with van der Waals surface area (Å²) in [5.74, 6) is 0.